The average molecular weight is 378 g/mol. The number of ether oxygens (including phenoxy) is 2. The zero-order valence-corrected chi connectivity index (χ0v) is 15.5. The number of carbonyl (C=O) groups is 1. The van der Waals surface area contributed by atoms with Gasteiger partial charge in [0, 0.05) is 18.3 Å². The molecule has 1 amide bonds. The molecule has 0 aliphatic carbocycles. The van der Waals surface area contributed by atoms with Crippen LogP contribution in [-0.4, -0.2) is 30.6 Å². The lowest BCUT2D eigenvalue weighted by Gasteiger charge is -2.22. The van der Waals surface area contributed by atoms with Gasteiger partial charge in [-0.3, -0.25) is 9.69 Å². The van der Waals surface area contributed by atoms with E-state index in [2.05, 4.69) is 5.32 Å². The average Bonchev–Trinajstić information content (AvgIpc) is 3.21. The number of hydrogen-bond acceptors (Lipinski definition) is 5. The highest BCUT2D eigenvalue weighted by atomic mass is 16.6. The van der Waals surface area contributed by atoms with Crippen molar-refractivity contribution in [1.29, 1.82) is 0 Å². The third-order valence-corrected chi connectivity index (χ3v) is 4.40. The zero-order valence-electron chi connectivity index (χ0n) is 15.5. The Morgan fingerprint density at radius 3 is 2.54 bits per heavy atom. The van der Waals surface area contributed by atoms with Gasteiger partial charge < -0.3 is 19.2 Å². The molecular weight excluding hydrogens is 356 g/mol. The maximum absolute atomic E-state index is 12.7. The van der Waals surface area contributed by atoms with E-state index in [1.807, 2.05) is 59.5 Å². The van der Waals surface area contributed by atoms with Gasteiger partial charge in [0.05, 0.1) is 19.4 Å². The van der Waals surface area contributed by atoms with Gasteiger partial charge >= 0.3 is 0 Å². The summed E-state index contributed by atoms with van der Waals surface area (Å²) in [6.45, 7) is 2.49. The summed E-state index contributed by atoms with van der Waals surface area (Å²) < 4.78 is 16.6. The van der Waals surface area contributed by atoms with Gasteiger partial charge in [0.25, 0.3) is 0 Å². The van der Waals surface area contributed by atoms with Crippen LogP contribution < -0.4 is 14.8 Å². The topological polar surface area (TPSA) is 63.9 Å². The van der Waals surface area contributed by atoms with Crippen LogP contribution in [0.2, 0.25) is 0 Å². The lowest BCUT2D eigenvalue weighted by molar-refractivity contribution is -0.117. The van der Waals surface area contributed by atoms with Crippen molar-refractivity contribution < 1.29 is 18.7 Å². The first-order chi connectivity index (χ1) is 13.8. The molecule has 3 aromatic rings. The van der Waals surface area contributed by atoms with Crippen molar-refractivity contribution in [2.75, 3.05) is 25.1 Å². The summed E-state index contributed by atoms with van der Waals surface area (Å²) in [6.07, 6.45) is 1.64. The van der Waals surface area contributed by atoms with Gasteiger partial charge in [0.2, 0.25) is 5.91 Å². The second kappa shape index (κ2) is 8.63. The zero-order chi connectivity index (χ0) is 19.2. The van der Waals surface area contributed by atoms with E-state index in [9.17, 15) is 4.79 Å². The highest BCUT2D eigenvalue weighted by Gasteiger charge is 2.16. The third-order valence-electron chi connectivity index (χ3n) is 4.40. The monoisotopic (exact) mass is 378 g/mol. The fourth-order valence-corrected chi connectivity index (χ4v) is 3.16. The smallest absolute Gasteiger partial charge is 0.238 e. The molecule has 0 spiro atoms. The maximum atomic E-state index is 12.7. The minimum absolute atomic E-state index is 0.0980. The molecule has 1 aliphatic rings. The Bertz CT molecular complexity index is 910. The highest BCUT2D eigenvalue weighted by Crippen LogP contribution is 2.32. The first-order valence-electron chi connectivity index (χ1n) is 9.24. The van der Waals surface area contributed by atoms with Gasteiger partial charge in [-0.15, -0.1) is 0 Å². The summed E-state index contributed by atoms with van der Waals surface area (Å²) in [4.78, 5) is 14.7. The molecule has 28 heavy (non-hydrogen) atoms. The van der Waals surface area contributed by atoms with Crippen LogP contribution in [0.5, 0.6) is 11.5 Å². The van der Waals surface area contributed by atoms with E-state index >= 15 is 0 Å². The highest BCUT2D eigenvalue weighted by molar-refractivity contribution is 5.92. The minimum Gasteiger partial charge on any atom is -0.486 e. The van der Waals surface area contributed by atoms with Crippen molar-refractivity contribution in [3.05, 3.63) is 78.3 Å². The molecule has 1 aromatic heterocycles. The number of amides is 1. The Labute approximate surface area is 163 Å². The summed E-state index contributed by atoms with van der Waals surface area (Å²) >= 11 is 0. The van der Waals surface area contributed by atoms with Crippen LogP contribution in [0.25, 0.3) is 0 Å². The molecule has 2 heterocycles. The number of hydrogen-bond donors (Lipinski definition) is 1. The Balaban J connectivity index is 1.42. The van der Waals surface area contributed by atoms with Crippen LogP contribution in [0.3, 0.4) is 0 Å². The van der Waals surface area contributed by atoms with E-state index in [1.165, 1.54) is 0 Å². The van der Waals surface area contributed by atoms with Crippen LogP contribution >= 0.6 is 0 Å². The van der Waals surface area contributed by atoms with E-state index in [1.54, 1.807) is 12.3 Å². The van der Waals surface area contributed by atoms with Crippen LogP contribution in [0, 0.1) is 0 Å². The third kappa shape index (κ3) is 4.72. The molecule has 0 fully saturated rings. The normalized spacial score (nSPS) is 12.8. The predicted molar refractivity (Wildman–Crippen MR) is 105 cm³/mol. The molecule has 0 saturated carbocycles. The molecular formula is C22H22N2O4. The van der Waals surface area contributed by atoms with Crippen LogP contribution in [0.4, 0.5) is 5.69 Å². The van der Waals surface area contributed by atoms with Crippen LogP contribution in [0.1, 0.15) is 11.3 Å². The molecule has 6 nitrogen and oxygen atoms in total. The maximum Gasteiger partial charge on any atom is 0.238 e. The lowest BCUT2D eigenvalue weighted by atomic mass is 10.2. The number of nitrogens with one attached hydrogen (secondary N) is 1. The van der Waals surface area contributed by atoms with Crippen LogP contribution in [0.15, 0.2) is 71.3 Å². The van der Waals surface area contributed by atoms with Gasteiger partial charge in [0.15, 0.2) is 11.5 Å². The SMILES string of the molecule is O=C(CN(Cc1ccccc1)Cc1ccco1)Nc1ccc2c(c1)OCCO2. The van der Waals surface area contributed by atoms with Crippen molar-refractivity contribution in [1.82, 2.24) is 4.90 Å². The fourth-order valence-electron chi connectivity index (χ4n) is 3.16. The van der Waals surface area contributed by atoms with E-state index in [4.69, 9.17) is 13.9 Å². The van der Waals surface area contributed by atoms with Gasteiger partial charge in [-0.05, 0) is 29.8 Å². The van der Waals surface area contributed by atoms with Crippen molar-refractivity contribution in [2.45, 2.75) is 13.1 Å². The molecule has 0 saturated heterocycles. The van der Waals surface area contributed by atoms with Crippen molar-refractivity contribution >= 4 is 11.6 Å². The van der Waals surface area contributed by atoms with Crippen LogP contribution in [-0.2, 0) is 17.9 Å². The first-order valence-corrected chi connectivity index (χ1v) is 9.24. The van der Waals surface area contributed by atoms with E-state index in [0.717, 1.165) is 11.3 Å². The standard InChI is InChI=1S/C22H22N2O4/c25-22(23-18-8-9-20-21(13-18)28-12-11-27-20)16-24(15-19-7-4-10-26-19)14-17-5-2-1-3-6-17/h1-10,13H,11-12,14-16H2,(H,23,25). The molecule has 6 heteroatoms. The molecule has 2 aromatic carbocycles. The van der Waals surface area contributed by atoms with Crippen molar-refractivity contribution in [2.24, 2.45) is 0 Å². The van der Waals surface area contributed by atoms with E-state index < -0.39 is 0 Å². The number of anilines is 1. The lowest BCUT2D eigenvalue weighted by Crippen LogP contribution is -2.32. The second-order valence-corrected chi connectivity index (χ2v) is 6.62. The molecule has 0 radical (unpaired) electrons. The molecule has 0 atom stereocenters. The summed E-state index contributed by atoms with van der Waals surface area (Å²) in [7, 11) is 0. The number of rotatable bonds is 7. The first kappa shape index (κ1) is 18.1. The number of carbonyl (C=O) groups excluding carboxylic acids is 1. The largest absolute Gasteiger partial charge is 0.486 e. The van der Waals surface area contributed by atoms with E-state index in [0.29, 0.717) is 43.5 Å². The Morgan fingerprint density at radius 2 is 1.75 bits per heavy atom. The summed E-state index contributed by atoms with van der Waals surface area (Å²) in [6, 6.07) is 19.3. The molecule has 1 N–H and O–H groups in total. The van der Waals surface area contributed by atoms with Gasteiger partial charge in [-0.2, -0.15) is 0 Å². The molecule has 1 aliphatic heterocycles. The number of benzene rings is 2. The molecule has 0 bridgehead atoms. The van der Waals surface area contributed by atoms with Gasteiger partial charge in [-0.25, -0.2) is 0 Å². The fraction of sp³-hybridized carbons (Fsp3) is 0.227. The Hall–Kier alpha value is -3.25. The summed E-state index contributed by atoms with van der Waals surface area (Å²) in [5, 5.41) is 2.94. The van der Waals surface area contributed by atoms with Crippen molar-refractivity contribution in [3.63, 3.8) is 0 Å². The quantitative estimate of drug-likeness (QED) is 0.679. The predicted octanol–water partition coefficient (Wildman–Crippen LogP) is 3.69. The molecule has 0 unspecified atom stereocenters. The summed E-state index contributed by atoms with van der Waals surface area (Å²) in [5.41, 5.74) is 1.83. The molecule has 4 rings (SSSR count). The number of nitrogens with zero attached hydrogens (tertiary/aromatic N) is 1. The van der Waals surface area contributed by atoms with E-state index in [-0.39, 0.29) is 12.5 Å². The van der Waals surface area contributed by atoms with Gasteiger partial charge in [-0.1, -0.05) is 30.3 Å². The number of furan rings is 1. The van der Waals surface area contributed by atoms with Gasteiger partial charge in [0.1, 0.15) is 19.0 Å². The number of fused-ring (bicyclic) bond motifs is 1. The Kier molecular flexibility index (Phi) is 5.58. The van der Waals surface area contributed by atoms with Crippen molar-refractivity contribution in [3.8, 4) is 11.5 Å². The minimum atomic E-state index is -0.0980. The summed E-state index contributed by atoms with van der Waals surface area (Å²) in [5.74, 6) is 2.08. The molecule has 144 valence electrons. The Morgan fingerprint density at radius 1 is 0.929 bits per heavy atom. The second-order valence-electron chi connectivity index (χ2n) is 6.62.